The molecule has 1 atom stereocenters. The fourth-order valence-electron chi connectivity index (χ4n) is 3.72. The zero-order chi connectivity index (χ0) is 19.2. The summed E-state index contributed by atoms with van der Waals surface area (Å²) in [5, 5.41) is 6.65. The second kappa shape index (κ2) is 6.59. The van der Waals surface area contributed by atoms with Gasteiger partial charge in [-0.2, -0.15) is 0 Å². The lowest BCUT2D eigenvalue weighted by atomic mass is 9.85. The molecule has 27 heavy (non-hydrogen) atoms. The predicted octanol–water partition coefficient (Wildman–Crippen LogP) is 1.78. The number of hydrogen-bond acceptors (Lipinski definition) is 6. The van der Waals surface area contributed by atoms with Gasteiger partial charge in [-0.3, -0.25) is 4.99 Å². The number of ether oxygens (including phenoxy) is 1. The van der Waals surface area contributed by atoms with Gasteiger partial charge in [-0.15, -0.1) is 0 Å². The molecule has 1 aliphatic carbocycles. The van der Waals surface area contributed by atoms with Crippen LogP contribution in [0.2, 0.25) is 0 Å². The maximum absolute atomic E-state index is 12.4. The number of carbonyl (C=O) groups excluding carboxylic acids is 1. The zero-order valence-corrected chi connectivity index (χ0v) is 15.6. The third kappa shape index (κ3) is 3.07. The first-order valence-corrected chi connectivity index (χ1v) is 10.3. The van der Waals surface area contributed by atoms with E-state index in [-0.39, 0.29) is 17.5 Å². The van der Waals surface area contributed by atoms with Gasteiger partial charge in [0.05, 0.1) is 24.1 Å². The molecule has 4 rings (SSSR count). The van der Waals surface area contributed by atoms with Gasteiger partial charge in [0.25, 0.3) is 0 Å². The van der Waals surface area contributed by atoms with E-state index in [0.717, 1.165) is 35.2 Å². The number of primary sulfonamides is 1. The molecular weight excluding hydrogens is 368 g/mol. The molecule has 0 saturated heterocycles. The van der Waals surface area contributed by atoms with Crippen molar-refractivity contribution in [1.29, 1.82) is 0 Å². The van der Waals surface area contributed by atoms with Crippen LogP contribution in [0.25, 0.3) is 0 Å². The lowest BCUT2D eigenvalue weighted by Gasteiger charge is -2.21. The molecule has 8 nitrogen and oxygen atoms in total. The molecule has 2 heterocycles. The fourth-order valence-corrected chi connectivity index (χ4v) is 4.24. The van der Waals surface area contributed by atoms with Gasteiger partial charge in [0.2, 0.25) is 10.0 Å². The van der Waals surface area contributed by atoms with Crippen LogP contribution in [-0.4, -0.2) is 38.9 Å². The number of nitrogens with zero attached hydrogens (tertiary/aromatic N) is 2. The highest BCUT2D eigenvalue weighted by atomic mass is 32.2. The molecule has 1 amide bonds. The van der Waals surface area contributed by atoms with E-state index in [1.165, 1.54) is 22.7 Å². The minimum absolute atomic E-state index is 0.0478. The van der Waals surface area contributed by atoms with Crippen LogP contribution in [0.3, 0.4) is 0 Å². The number of nitrogens with two attached hydrogens (primary N) is 1. The molecule has 0 fully saturated rings. The lowest BCUT2D eigenvalue weighted by molar-refractivity contribution is 0.103. The number of allylic oxidation sites excluding steroid dienone is 1. The third-order valence-electron chi connectivity index (χ3n) is 4.96. The molecule has 0 saturated carbocycles. The van der Waals surface area contributed by atoms with Crippen molar-refractivity contribution in [1.82, 2.24) is 10.4 Å². The van der Waals surface area contributed by atoms with Gasteiger partial charge in [-0.05, 0) is 43.0 Å². The predicted molar refractivity (Wildman–Crippen MR) is 99.2 cm³/mol. The van der Waals surface area contributed by atoms with Crippen molar-refractivity contribution >= 4 is 22.3 Å². The Balaban J connectivity index is 1.75. The minimum Gasteiger partial charge on any atom is -0.449 e. The average molecular weight is 388 g/mol. The van der Waals surface area contributed by atoms with Crippen LogP contribution < -0.4 is 10.6 Å². The third-order valence-corrected chi connectivity index (χ3v) is 5.89. The Morgan fingerprint density at radius 1 is 1.33 bits per heavy atom. The molecule has 2 aliphatic heterocycles. The summed E-state index contributed by atoms with van der Waals surface area (Å²) in [6.45, 7) is 2.73. The van der Waals surface area contributed by atoms with Gasteiger partial charge >= 0.3 is 6.09 Å². The Morgan fingerprint density at radius 2 is 2.07 bits per heavy atom. The second-order valence-electron chi connectivity index (χ2n) is 6.56. The quantitative estimate of drug-likeness (QED) is 0.819. The number of carbonyl (C=O) groups is 1. The number of benzene rings is 1. The van der Waals surface area contributed by atoms with Crippen LogP contribution in [0.1, 0.15) is 31.4 Å². The Hall–Kier alpha value is -2.49. The topological polar surface area (TPSA) is 114 Å². The molecule has 0 radical (unpaired) electrons. The molecule has 142 valence electrons. The smallest absolute Gasteiger partial charge is 0.428 e. The summed E-state index contributed by atoms with van der Waals surface area (Å²) in [4.78, 5) is 16.8. The maximum Gasteiger partial charge on any atom is 0.428 e. The van der Waals surface area contributed by atoms with E-state index in [2.05, 4.69) is 10.4 Å². The average Bonchev–Trinajstić information content (AvgIpc) is 3.25. The molecule has 1 aromatic carbocycles. The van der Waals surface area contributed by atoms with Crippen molar-refractivity contribution in [3.8, 4) is 0 Å². The summed E-state index contributed by atoms with van der Waals surface area (Å²) in [5.74, 6) is 0. The number of fused-ring (bicyclic) bond motifs is 1. The Bertz CT molecular complexity index is 993. The largest absolute Gasteiger partial charge is 0.449 e. The first-order chi connectivity index (χ1) is 12.9. The number of hydrazine groups is 1. The number of hydrogen-bond donors (Lipinski definition) is 2. The Kier molecular flexibility index (Phi) is 4.37. The van der Waals surface area contributed by atoms with Crippen LogP contribution in [0.5, 0.6) is 0 Å². The summed E-state index contributed by atoms with van der Waals surface area (Å²) >= 11 is 0. The molecule has 0 bridgehead atoms. The second-order valence-corrected chi connectivity index (χ2v) is 8.12. The fraction of sp³-hybridized carbons (Fsp3) is 0.333. The van der Waals surface area contributed by atoms with Gasteiger partial charge in [-0.25, -0.2) is 28.8 Å². The zero-order valence-electron chi connectivity index (χ0n) is 14.8. The molecular formula is C18H20N4O4S. The SMILES string of the molecule is CCOC(=O)N1NC(c2ccc(S(N)(=O)=O)cc2)C2=C1CCC1=C2C=NC1. The lowest BCUT2D eigenvalue weighted by Crippen LogP contribution is -2.39. The van der Waals surface area contributed by atoms with E-state index in [1.54, 1.807) is 19.1 Å². The van der Waals surface area contributed by atoms with Gasteiger partial charge in [0, 0.05) is 23.1 Å². The molecule has 1 unspecified atom stereocenters. The Morgan fingerprint density at radius 3 is 2.74 bits per heavy atom. The summed E-state index contributed by atoms with van der Waals surface area (Å²) in [6, 6.07) is 6.06. The first-order valence-electron chi connectivity index (χ1n) is 8.71. The molecule has 9 heteroatoms. The standard InChI is InChI=1S/C18H20N4O4S/c1-2-26-18(23)22-15-8-5-12-9-20-10-14(12)16(15)17(21-22)11-3-6-13(7-4-11)27(19,24)25/h3-4,6-7,10,17,21H,2,5,8-9H2,1H3,(H2,19,24,25). The molecule has 0 spiro atoms. The highest BCUT2D eigenvalue weighted by Crippen LogP contribution is 2.44. The molecule has 0 aromatic heterocycles. The van der Waals surface area contributed by atoms with Crippen LogP contribution in [0, 0.1) is 0 Å². The van der Waals surface area contributed by atoms with Crippen molar-refractivity contribution in [2.24, 2.45) is 10.1 Å². The Labute approximate surface area is 157 Å². The van der Waals surface area contributed by atoms with Crippen molar-refractivity contribution in [3.05, 3.63) is 52.2 Å². The van der Waals surface area contributed by atoms with Crippen LogP contribution in [0.15, 0.2) is 56.6 Å². The summed E-state index contributed by atoms with van der Waals surface area (Å²) < 4.78 is 28.2. The number of sulfonamides is 1. The summed E-state index contributed by atoms with van der Waals surface area (Å²) in [5.41, 5.74) is 8.22. The van der Waals surface area contributed by atoms with Crippen molar-refractivity contribution in [2.75, 3.05) is 13.2 Å². The van der Waals surface area contributed by atoms with Crippen LogP contribution in [0.4, 0.5) is 4.79 Å². The van der Waals surface area contributed by atoms with E-state index in [9.17, 15) is 13.2 Å². The number of rotatable bonds is 3. The van der Waals surface area contributed by atoms with Crippen molar-refractivity contribution in [3.63, 3.8) is 0 Å². The van der Waals surface area contributed by atoms with Crippen LogP contribution in [-0.2, 0) is 14.8 Å². The minimum atomic E-state index is -3.76. The van der Waals surface area contributed by atoms with Gasteiger partial charge in [0.1, 0.15) is 0 Å². The maximum atomic E-state index is 12.4. The molecule has 3 N–H and O–H groups in total. The number of amides is 1. The van der Waals surface area contributed by atoms with Crippen molar-refractivity contribution < 1.29 is 17.9 Å². The van der Waals surface area contributed by atoms with E-state index in [0.29, 0.717) is 6.54 Å². The molecule has 1 aromatic rings. The highest BCUT2D eigenvalue weighted by molar-refractivity contribution is 7.89. The van der Waals surface area contributed by atoms with E-state index in [1.807, 2.05) is 6.21 Å². The first kappa shape index (κ1) is 17.9. The van der Waals surface area contributed by atoms with E-state index < -0.39 is 16.1 Å². The summed E-state index contributed by atoms with van der Waals surface area (Å²) in [6.07, 6.45) is 2.97. The monoisotopic (exact) mass is 388 g/mol. The van der Waals surface area contributed by atoms with Crippen molar-refractivity contribution in [2.45, 2.75) is 30.7 Å². The normalized spacial score (nSPS) is 21.6. The summed E-state index contributed by atoms with van der Waals surface area (Å²) in [7, 11) is -3.76. The molecule has 3 aliphatic rings. The van der Waals surface area contributed by atoms with Gasteiger partial charge in [0.15, 0.2) is 0 Å². The highest BCUT2D eigenvalue weighted by Gasteiger charge is 2.40. The number of aliphatic imine (C=N–C) groups is 1. The van der Waals surface area contributed by atoms with Gasteiger partial charge < -0.3 is 4.74 Å². The van der Waals surface area contributed by atoms with Gasteiger partial charge in [-0.1, -0.05) is 12.1 Å². The van der Waals surface area contributed by atoms with E-state index >= 15 is 0 Å². The number of nitrogens with one attached hydrogen (secondary N) is 1. The van der Waals surface area contributed by atoms with E-state index in [4.69, 9.17) is 9.88 Å². The van der Waals surface area contributed by atoms with Crippen LogP contribution >= 0.6 is 0 Å².